The molecular weight excluding hydrogens is 445 g/mol. The third-order valence-electron chi connectivity index (χ3n) is 8.16. The standard InChI is InChI=1S/C28H31BN7/c30-22-10-8-21(9-11-22)28-24-12-14-26(33-16-4-1-5-17-33)35(24)29-36-25(28)13-15-27(36)34-19-23(31-32-34)18-20-6-2-3-7-20/h8-15,19-20,30H,1-7,16-18H2/p+1. The quantitative estimate of drug-likeness (QED) is 0.351. The molecule has 0 amide bonds. The average molecular weight is 477 g/mol. The number of nitrogens with zero attached hydrogens (tertiary/aromatic N) is 6. The lowest BCUT2D eigenvalue weighted by Crippen LogP contribution is -2.43. The van der Waals surface area contributed by atoms with Crippen molar-refractivity contribution in [2.75, 3.05) is 18.8 Å². The molecule has 1 aromatic carbocycles. The Morgan fingerprint density at radius 1 is 0.944 bits per heavy atom. The molecule has 0 unspecified atom stereocenters. The first-order chi connectivity index (χ1) is 17.7. The van der Waals surface area contributed by atoms with E-state index in [1.807, 2.05) is 16.8 Å². The summed E-state index contributed by atoms with van der Waals surface area (Å²) in [5.74, 6) is 3.01. The van der Waals surface area contributed by atoms with Gasteiger partial charge in [0.05, 0.1) is 25.0 Å². The third kappa shape index (κ3) is 3.70. The molecule has 3 aliphatic heterocycles. The van der Waals surface area contributed by atoms with E-state index in [-0.39, 0.29) is 0 Å². The van der Waals surface area contributed by atoms with Crippen LogP contribution in [0.2, 0.25) is 0 Å². The van der Waals surface area contributed by atoms with Crippen LogP contribution >= 0.6 is 0 Å². The van der Waals surface area contributed by atoms with Gasteiger partial charge in [0.1, 0.15) is 11.5 Å². The zero-order valence-electron chi connectivity index (χ0n) is 20.7. The minimum absolute atomic E-state index is 0.753. The molecular formula is C28H32BN7+. The second kappa shape index (κ2) is 8.84. The van der Waals surface area contributed by atoms with Crippen molar-refractivity contribution in [3.8, 4) is 5.82 Å². The second-order valence-corrected chi connectivity index (χ2v) is 10.6. The van der Waals surface area contributed by atoms with E-state index < -0.39 is 0 Å². The van der Waals surface area contributed by atoms with Crippen LogP contribution in [0.15, 0.2) is 60.4 Å². The number of nitrogen functional groups attached to an aromatic ring is 1. The van der Waals surface area contributed by atoms with Gasteiger partial charge in [-0.05, 0) is 67.5 Å². The molecule has 2 fully saturated rings. The molecule has 7 nitrogen and oxygen atoms in total. The monoisotopic (exact) mass is 477 g/mol. The lowest BCUT2D eigenvalue weighted by atomic mass is 9.91. The summed E-state index contributed by atoms with van der Waals surface area (Å²) in [6.45, 7) is 2.21. The maximum atomic E-state index is 6.04. The summed E-state index contributed by atoms with van der Waals surface area (Å²) in [4.78, 5) is 2.35. The minimum Gasteiger partial charge on any atom is -0.399 e. The summed E-state index contributed by atoms with van der Waals surface area (Å²) in [5.41, 5.74) is 12.6. The van der Waals surface area contributed by atoms with Crippen molar-refractivity contribution in [1.29, 1.82) is 0 Å². The number of nitrogens with two attached hydrogens (primary N) is 1. The van der Waals surface area contributed by atoms with Crippen molar-refractivity contribution in [2.24, 2.45) is 5.92 Å². The number of aromatic nitrogens is 4. The van der Waals surface area contributed by atoms with E-state index in [0.717, 1.165) is 53.9 Å². The molecule has 0 bridgehead atoms. The number of allylic oxidation sites excluding steroid dienone is 1. The van der Waals surface area contributed by atoms with Crippen LogP contribution in [0, 0.1) is 5.92 Å². The Kier molecular flexibility index (Phi) is 5.33. The van der Waals surface area contributed by atoms with E-state index in [1.165, 1.54) is 62.1 Å². The Morgan fingerprint density at radius 3 is 2.56 bits per heavy atom. The van der Waals surface area contributed by atoms with Crippen molar-refractivity contribution in [3.05, 3.63) is 77.4 Å². The van der Waals surface area contributed by atoms with Gasteiger partial charge in [0, 0.05) is 23.0 Å². The first-order valence-corrected chi connectivity index (χ1v) is 13.4. The number of amidine groups is 1. The number of hydrogen-bond acceptors (Lipinski definition) is 3. The average Bonchev–Trinajstić information content (AvgIpc) is 3.71. The first kappa shape index (κ1) is 21.7. The van der Waals surface area contributed by atoms with Crippen molar-refractivity contribution in [1.82, 2.24) is 24.3 Å². The van der Waals surface area contributed by atoms with Crippen LogP contribution in [0.3, 0.4) is 0 Å². The van der Waals surface area contributed by atoms with Crippen LogP contribution in [0.1, 0.15) is 61.9 Å². The maximum Gasteiger partial charge on any atom is 0.553 e. The van der Waals surface area contributed by atoms with Crippen LogP contribution in [-0.4, -0.2) is 55.3 Å². The van der Waals surface area contributed by atoms with Gasteiger partial charge in [0.15, 0.2) is 0 Å². The fraction of sp³-hybridized carbons (Fsp3) is 0.393. The Bertz CT molecular complexity index is 1380. The van der Waals surface area contributed by atoms with Crippen molar-refractivity contribution in [2.45, 2.75) is 51.4 Å². The molecule has 0 atom stereocenters. The molecule has 2 N–H and O–H groups in total. The predicted molar refractivity (Wildman–Crippen MR) is 143 cm³/mol. The van der Waals surface area contributed by atoms with Crippen LogP contribution in [0.4, 0.5) is 5.69 Å². The molecule has 1 saturated heterocycles. The zero-order chi connectivity index (χ0) is 24.1. The van der Waals surface area contributed by atoms with Gasteiger partial charge in [0.25, 0.3) is 5.84 Å². The van der Waals surface area contributed by atoms with Crippen molar-refractivity contribution in [3.63, 3.8) is 0 Å². The van der Waals surface area contributed by atoms with Gasteiger partial charge < -0.3 is 10.2 Å². The molecule has 2 aromatic heterocycles. The van der Waals surface area contributed by atoms with Gasteiger partial charge in [0.2, 0.25) is 0 Å². The zero-order valence-corrected chi connectivity index (χ0v) is 20.7. The fourth-order valence-electron chi connectivity index (χ4n) is 6.30. The molecule has 7 rings (SSSR count). The predicted octanol–water partition coefficient (Wildman–Crippen LogP) is 4.01. The molecule has 5 heterocycles. The Hall–Kier alpha value is -3.55. The van der Waals surface area contributed by atoms with Crippen LogP contribution in [0.25, 0.3) is 11.4 Å². The van der Waals surface area contributed by atoms with E-state index in [0.29, 0.717) is 0 Å². The summed E-state index contributed by atoms with van der Waals surface area (Å²) in [5, 5.41) is 9.10. The highest BCUT2D eigenvalue weighted by molar-refractivity contribution is 6.40. The number of rotatable bonds is 4. The SMILES string of the molecule is Nc1ccc(C2=C3C=CC(=[N+]4CCCCC4)N3[B]n3c2ccc3-n2cc(CC3CCCC3)nn2)cc1. The summed E-state index contributed by atoms with van der Waals surface area (Å²) in [6.07, 6.45) is 16.8. The largest absolute Gasteiger partial charge is 0.553 e. The van der Waals surface area contributed by atoms with Crippen molar-refractivity contribution >= 4 is 24.6 Å². The van der Waals surface area contributed by atoms with E-state index in [2.05, 4.69) is 74.3 Å². The molecule has 8 heteroatoms. The van der Waals surface area contributed by atoms with Crippen molar-refractivity contribution < 1.29 is 4.58 Å². The lowest BCUT2D eigenvalue weighted by molar-refractivity contribution is -0.539. The lowest BCUT2D eigenvalue weighted by Gasteiger charge is -2.27. The van der Waals surface area contributed by atoms with E-state index in [1.54, 1.807) is 0 Å². The van der Waals surface area contributed by atoms with Gasteiger partial charge in [-0.25, -0.2) is 4.68 Å². The molecule has 3 aromatic rings. The third-order valence-corrected chi connectivity index (χ3v) is 8.16. The normalized spacial score (nSPS) is 19.7. The van der Waals surface area contributed by atoms with Crippen LogP contribution < -0.4 is 5.73 Å². The summed E-state index contributed by atoms with van der Waals surface area (Å²) in [7, 11) is 2.23. The molecule has 4 aliphatic rings. The Morgan fingerprint density at radius 2 is 1.75 bits per heavy atom. The highest BCUT2D eigenvalue weighted by atomic mass is 15.5. The number of piperidine rings is 1. The van der Waals surface area contributed by atoms with E-state index in [4.69, 9.17) is 5.73 Å². The Labute approximate surface area is 212 Å². The topological polar surface area (TPSA) is 67.9 Å². The first-order valence-electron chi connectivity index (χ1n) is 13.4. The molecule has 36 heavy (non-hydrogen) atoms. The molecule has 1 saturated carbocycles. The van der Waals surface area contributed by atoms with Crippen LogP contribution in [0.5, 0.6) is 0 Å². The second-order valence-electron chi connectivity index (χ2n) is 10.6. The highest BCUT2D eigenvalue weighted by Crippen LogP contribution is 2.37. The van der Waals surface area contributed by atoms with Gasteiger partial charge in [-0.1, -0.05) is 43.0 Å². The van der Waals surface area contributed by atoms with Gasteiger partial charge >= 0.3 is 7.55 Å². The smallest absolute Gasteiger partial charge is 0.399 e. The molecule has 1 aliphatic carbocycles. The van der Waals surface area contributed by atoms with E-state index in [9.17, 15) is 0 Å². The molecule has 181 valence electrons. The summed E-state index contributed by atoms with van der Waals surface area (Å²) in [6, 6.07) is 12.6. The van der Waals surface area contributed by atoms with Gasteiger partial charge in [-0.2, -0.15) is 0 Å². The molecule has 0 spiro atoms. The highest BCUT2D eigenvalue weighted by Gasteiger charge is 2.40. The fourth-order valence-corrected chi connectivity index (χ4v) is 6.30. The summed E-state index contributed by atoms with van der Waals surface area (Å²) >= 11 is 0. The van der Waals surface area contributed by atoms with Gasteiger partial charge in [-0.3, -0.25) is 9.39 Å². The molecule has 1 radical (unpaired) electrons. The number of anilines is 1. The number of hydrogen-bond donors (Lipinski definition) is 1. The number of fused-ring (bicyclic) bond motifs is 2. The van der Waals surface area contributed by atoms with Gasteiger partial charge in [-0.15, -0.1) is 5.10 Å². The Balaban J connectivity index is 1.31. The summed E-state index contributed by atoms with van der Waals surface area (Å²) < 4.78 is 6.73. The van der Waals surface area contributed by atoms with Crippen LogP contribution in [-0.2, 0) is 6.42 Å². The maximum absolute atomic E-state index is 6.04. The number of benzene rings is 1. The van der Waals surface area contributed by atoms with E-state index >= 15 is 0 Å². The minimum atomic E-state index is 0.753.